The van der Waals surface area contributed by atoms with Crippen molar-refractivity contribution in [2.45, 2.75) is 20.8 Å². The number of carbonyl (C=O) groups is 2. The van der Waals surface area contributed by atoms with Gasteiger partial charge in [-0.1, -0.05) is 12.1 Å². The Bertz CT molecular complexity index is 923. The molecular formula is C21H23N2O6-. The van der Waals surface area contributed by atoms with E-state index in [0.29, 0.717) is 22.8 Å². The molecule has 0 aliphatic carbocycles. The molecule has 1 N–H and O–H groups in total. The van der Waals surface area contributed by atoms with E-state index in [1.165, 1.54) is 7.11 Å². The van der Waals surface area contributed by atoms with Crippen LogP contribution < -0.4 is 24.7 Å². The van der Waals surface area contributed by atoms with Crippen LogP contribution in [0.2, 0.25) is 0 Å². The van der Waals surface area contributed by atoms with Crippen LogP contribution in [0.3, 0.4) is 0 Å². The van der Waals surface area contributed by atoms with Crippen LogP contribution in [0.25, 0.3) is 0 Å². The van der Waals surface area contributed by atoms with Gasteiger partial charge < -0.3 is 24.1 Å². The van der Waals surface area contributed by atoms with E-state index in [-0.39, 0.29) is 12.4 Å². The Labute approximate surface area is 169 Å². The number of carboxylic acids is 1. The molecular weight excluding hydrogens is 376 g/mol. The highest BCUT2D eigenvalue weighted by Crippen LogP contribution is 2.28. The maximum absolute atomic E-state index is 12.0. The van der Waals surface area contributed by atoms with Crippen molar-refractivity contribution >= 4 is 17.6 Å². The van der Waals surface area contributed by atoms with E-state index in [0.717, 1.165) is 11.1 Å². The van der Waals surface area contributed by atoms with Gasteiger partial charge in [-0.3, -0.25) is 4.79 Å². The minimum Gasteiger partial charge on any atom is -0.546 e. The number of benzene rings is 2. The molecule has 0 heterocycles. The molecule has 0 fully saturated rings. The number of rotatable bonds is 9. The minimum absolute atomic E-state index is 0.166. The number of methoxy groups -OCH3 is 1. The normalized spacial score (nSPS) is 11.0. The fourth-order valence-electron chi connectivity index (χ4n) is 2.40. The van der Waals surface area contributed by atoms with Crippen LogP contribution in [0.1, 0.15) is 23.6 Å². The standard InChI is InChI=1S/C21H24N2O6/c1-13-5-6-14(2)18(9-13)28-11-20(24)23-22-15(3)16-7-8-17(19(10-16)27-4)29-12-21(25)26/h5-10H,11-12H2,1-4H3,(H,23,24)(H,25,26)/p-1/b22-15-. The van der Waals surface area contributed by atoms with Crippen molar-refractivity contribution in [1.29, 1.82) is 0 Å². The predicted octanol–water partition coefficient (Wildman–Crippen LogP) is 1.36. The Hall–Kier alpha value is -3.55. The first-order chi connectivity index (χ1) is 13.8. The highest BCUT2D eigenvalue weighted by atomic mass is 16.5. The number of aliphatic carboxylic acids is 1. The van der Waals surface area contributed by atoms with E-state index in [2.05, 4.69) is 10.5 Å². The average Bonchev–Trinajstić information content (AvgIpc) is 2.70. The van der Waals surface area contributed by atoms with Crippen molar-refractivity contribution < 1.29 is 28.9 Å². The maximum Gasteiger partial charge on any atom is 0.277 e. The Morgan fingerprint density at radius 3 is 2.41 bits per heavy atom. The number of carboxylic acid groups (broad SMARTS) is 1. The third kappa shape index (κ3) is 6.53. The van der Waals surface area contributed by atoms with Gasteiger partial charge in [-0.2, -0.15) is 5.10 Å². The second-order valence-electron chi connectivity index (χ2n) is 6.32. The first-order valence-corrected chi connectivity index (χ1v) is 8.84. The number of hydrazone groups is 1. The highest BCUT2D eigenvalue weighted by Gasteiger charge is 2.09. The summed E-state index contributed by atoms with van der Waals surface area (Å²) in [6, 6.07) is 10.6. The van der Waals surface area contributed by atoms with Crippen molar-refractivity contribution in [3.63, 3.8) is 0 Å². The molecule has 0 atom stereocenters. The predicted molar refractivity (Wildman–Crippen MR) is 105 cm³/mol. The molecule has 0 aliphatic heterocycles. The minimum atomic E-state index is -1.33. The molecule has 0 radical (unpaired) electrons. The van der Waals surface area contributed by atoms with Crippen molar-refractivity contribution in [3.8, 4) is 17.2 Å². The summed E-state index contributed by atoms with van der Waals surface area (Å²) < 4.78 is 15.8. The number of hydrogen-bond acceptors (Lipinski definition) is 7. The van der Waals surface area contributed by atoms with Gasteiger partial charge in [0.1, 0.15) is 12.4 Å². The van der Waals surface area contributed by atoms with E-state index >= 15 is 0 Å². The number of carbonyl (C=O) groups excluding carboxylic acids is 2. The van der Waals surface area contributed by atoms with Gasteiger partial charge in [-0.05, 0) is 56.2 Å². The van der Waals surface area contributed by atoms with Gasteiger partial charge in [0.2, 0.25) is 0 Å². The van der Waals surface area contributed by atoms with Gasteiger partial charge in [-0.25, -0.2) is 5.43 Å². The molecule has 8 heteroatoms. The number of nitrogens with one attached hydrogen (secondary N) is 1. The van der Waals surface area contributed by atoms with Crippen LogP contribution >= 0.6 is 0 Å². The van der Waals surface area contributed by atoms with Gasteiger partial charge in [0.05, 0.1) is 18.8 Å². The Balaban J connectivity index is 1.98. The second-order valence-corrected chi connectivity index (χ2v) is 6.32. The summed E-state index contributed by atoms with van der Waals surface area (Å²) in [7, 11) is 1.43. The summed E-state index contributed by atoms with van der Waals surface area (Å²) in [5, 5.41) is 14.6. The second kappa shape index (κ2) is 10.1. The fraction of sp³-hybridized carbons (Fsp3) is 0.286. The molecule has 0 saturated heterocycles. The third-order valence-electron chi connectivity index (χ3n) is 3.98. The lowest BCUT2D eigenvalue weighted by Gasteiger charge is -2.12. The van der Waals surface area contributed by atoms with Crippen molar-refractivity contribution in [1.82, 2.24) is 5.43 Å². The summed E-state index contributed by atoms with van der Waals surface area (Å²) in [5.41, 5.74) is 5.61. The van der Waals surface area contributed by atoms with Crippen molar-refractivity contribution in [3.05, 3.63) is 53.1 Å². The summed E-state index contributed by atoms with van der Waals surface area (Å²) >= 11 is 0. The molecule has 0 aromatic heterocycles. The molecule has 0 spiro atoms. The van der Waals surface area contributed by atoms with E-state index < -0.39 is 18.5 Å². The van der Waals surface area contributed by atoms with Crippen LogP contribution in [0.15, 0.2) is 41.5 Å². The van der Waals surface area contributed by atoms with Gasteiger partial charge in [0, 0.05) is 5.56 Å². The number of amides is 1. The number of ether oxygens (including phenoxy) is 3. The highest BCUT2D eigenvalue weighted by molar-refractivity contribution is 5.99. The molecule has 1 amide bonds. The molecule has 2 rings (SSSR count). The van der Waals surface area contributed by atoms with Gasteiger partial charge in [0.25, 0.3) is 5.91 Å². The summed E-state index contributed by atoms with van der Waals surface area (Å²) in [5.74, 6) is -0.481. The SMILES string of the molecule is COc1cc(/C(C)=N\NC(=O)COc2cc(C)ccc2C)ccc1OCC(=O)[O-]. The van der Waals surface area contributed by atoms with Gasteiger partial charge in [-0.15, -0.1) is 0 Å². The Kier molecular flexibility index (Phi) is 7.59. The lowest BCUT2D eigenvalue weighted by Crippen LogP contribution is -2.29. The van der Waals surface area contributed by atoms with Gasteiger partial charge >= 0.3 is 0 Å². The smallest absolute Gasteiger partial charge is 0.277 e. The largest absolute Gasteiger partial charge is 0.546 e. The van der Waals surface area contributed by atoms with Crippen LogP contribution in [0.4, 0.5) is 0 Å². The maximum atomic E-state index is 12.0. The monoisotopic (exact) mass is 399 g/mol. The summed E-state index contributed by atoms with van der Waals surface area (Å²) in [6.45, 7) is 4.81. The molecule has 2 aromatic rings. The zero-order valence-electron chi connectivity index (χ0n) is 16.8. The first-order valence-electron chi connectivity index (χ1n) is 8.84. The van der Waals surface area contributed by atoms with Crippen molar-refractivity contribution in [2.75, 3.05) is 20.3 Å². The lowest BCUT2D eigenvalue weighted by atomic mass is 10.1. The molecule has 8 nitrogen and oxygen atoms in total. The quantitative estimate of drug-likeness (QED) is 0.504. The van der Waals surface area contributed by atoms with E-state index in [9.17, 15) is 14.7 Å². The molecule has 0 aliphatic rings. The zero-order valence-corrected chi connectivity index (χ0v) is 16.8. The number of nitrogens with zero attached hydrogens (tertiary/aromatic N) is 1. The van der Waals surface area contributed by atoms with Crippen LogP contribution in [-0.2, 0) is 9.59 Å². The molecule has 29 heavy (non-hydrogen) atoms. The number of aryl methyl sites for hydroxylation is 2. The molecule has 2 aromatic carbocycles. The molecule has 0 bridgehead atoms. The Morgan fingerprint density at radius 2 is 1.72 bits per heavy atom. The Morgan fingerprint density at radius 1 is 1.00 bits per heavy atom. The number of hydrogen-bond donors (Lipinski definition) is 1. The van der Waals surface area contributed by atoms with Crippen LogP contribution in [0, 0.1) is 13.8 Å². The average molecular weight is 399 g/mol. The van der Waals surface area contributed by atoms with E-state index in [1.807, 2.05) is 32.0 Å². The summed E-state index contributed by atoms with van der Waals surface area (Å²) in [6.07, 6.45) is 0. The zero-order chi connectivity index (χ0) is 21.4. The third-order valence-corrected chi connectivity index (χ3v) is 3.98. The summed E-state index contributed by atoms with van der Waals surface area (Å²) in [4.78, 5) is 22.6. The van der Waals surface area contributed by atoms with Crippen molar-refractivity contribution in [2.24, 2.45) is 5.10 Å². The van der Waals surface area contributed by atoms with Crippen LogP contribution in [0.5, 0.6) is 17.2 Å². The lowest BCUT2D eigenvalue weighted by molar-refractivity contribution is -0.307. The molecule has 154 valence electrons. The molecule has 0 saturated carbocycles. The van der Waals surface area contributed by atoms with Gasteiger partial charge in [0.15, 0.2) is 18.1 Å². The fourth-order valence-corrected chi connectivity index (χ4v) is 2.40. The van der Waals surface area contributed by atoms with Crippen LogP contribution in [-0.4, -0.2) is 37.9 Å². The molecule has 0 unspecified atom stereocenters. The van der Waals surface area contributed by atoms with E-state index in [1.54, 1.807) is 25.1 Å². The van der Waals surface area contributed by atoms with E-state index in [4.69, 9.17) is 14.2 Å². The topological polar surface area (TPSA) is 109 Å². The first kappa shape index (κ1) is 21.7.